The van der Waals surface area contributed by atoms with Crippen molar-refractivity contribution >= 4 is 11.7 Å². The van der Waals surface area contributed by atoms with Crippen LogP contribution in [0, 0.1) is 0 Å². The van der Waals surface area contributed by atoms with Gasteiger partial charge < -0.3 is 16.2 Å². The van der Waals surface area contributed by atoms with Crippen molar-refractivity contribution in [2.45, 2.75) is 13.5 Å². The zero-order valence-electron chi connectivity index (χ0n) is 10.8. The Hall–Kier alpha value is -2.34. The van der Waals surface area contributed by atoms with Crippen LogP contribution in [0.1, 0.15) is 12.5 Å². The normalized spacial score (nSPS) is 11.6. The summed E-state index contributed by atoms with van der Waals surface area (Å²) in [5.41, 5.74) is 14.0. The zero-order chi connectivity index (χ0) is 13.7. The lowest BCUT2D eigenvalue weighted by Crippen LogP contribution is -2.15. The highest BCUT2D eigenvalue weighted by molar-refractivity contribution is 5.75. The first-order chi connectivity index (χ1) is 9.24. The third-order valence-electron chi connectivity index (χ3n) is 2.57. The summed E-state index contributed by atoms with van der Waals surface area (Å²) in [6.07, 6.45) is 3.59. The van der Waals surface area contributed by atoms with Gasteiger partial charge in [0.25, 0.3) is 6.02 Å². The van der Waals surface area contributed by atoms with Gasteiger partial charge in [0.1, 0.15) is 0 Å². The van der Waals surface area contributed by atoms with Crippen molar-refractivity contribution in [2.24, 2.45) is 16.5 Å². The lowest BCUT2D eigenvalue weighted by atomic mass is 10.1. The lowest BCUT2D eigenvalue weighted by molar-refractivity contribution is 0.322. The van der Waals surface area contributed by atoms with E-state index in [1.807, 2.05) is 37.4 Å². The van der Waals surface area contributed by atoms with Crippen LogP contribution in [-0.2, 0) is 11.3 Å². The highest BCUT2D eigenvalue weighted by Gasteiger charge is 2.05. The van der Waals surface area contributed by atoms with Crippen LogP contribution in [0.25, 0.3) is 5.69 Å². The molecule has 2 rings (SSSR count). The van der Waals surface area contributed by atoms with E-state index in [0.29, 0.717) is 18.8 Å². The van der Waals surface area contributed by atoms with Gasteiger partial charge in [0.15, 0.2) is 0 Å². The predicted octanol–water partition coefficient (Wildman–Crippen LogP) is 1.31. The van der Waals surface area contributed by atoms with Gasteiger partial charge in [-0.1, -0.05) is 0 Å². The first-order valence-electron chi connectivity index (χ1n) is 6.04. The molecule has 6 heteroatoms. The van der Waals surface area contributed by atoms with E-state index in [1.54, 1.807) is 10.9 Å². The highest BCUT2D eigenvalue weighted by Crippen LogP contribution is 2.21. The Morgan fingerprint density at radius 3 is 2.95 bits per heavy atom. The van der Waals surface area contributed by atoms with E-state index in [0.717, 1.165) is 11.3 Å². The first kappa shape index (κ1) is 13.1. The minimum Gasteiger partial charge on any atom is -0.465 e. The second-order valence-corrected chi connectivity index (χ2v) is 3.85. The molecule has 0 spiro atoms. The molecule has 0 atom stereocenters. The molecule has 100 valence electrons. The summed E-state index contributed by atoms with van der Waals surface area (Å²) in [6, 6.07) is 7.65. The summed E-state index contributed by atoms with van der Waals surface area (Å²) in [5.74, 6) is 0. The van der Waals surface area contributed by atoms with E-state index < -0.39 is 0 Å². The Labute approximate surface area is 111 Å². The van der Waals surface area contributed by atoms with Crippen LogP contribution >= 0.6 is 0 Å². The molecule has 1 heterocycles. The first-order valence-corrected chi connectivity index (χ1v) is 6.04. The Bertz CT molecular complexity index is 562. The SMILES string of the molecule is CCOC(N)=Nc1ccc(-n2cccn2)c(CN)c1. The maximum Gasteiger partial charge on any atom is 0.287 e. The van der Waals surface area contributed by atoms with Crippen molar-refractivity contribution in [1.82, 2.24) is 9.78 Å². The maximum atomic E-state index is 5.76. The van der Waals surface area contributed by atoms with Crippen LogP contribution in [0.5, 0.6) is 0 Å². The smallest absolute Gasteiger partial charge is 0.287 e. The Balaban J connectivity index is 2.34. The third-order valence-corrected chi connectivity index (χ3v) is 2.57. The van der Waals surface area contributed by atoms with Crippen LogP contribution in [0.4, 0.5) is 5.69 Å². The van der Waals surface area contributed by atoms with Crippen LogP contribution in [0.2, 0.25) is 0 Å². The zero-order valence-corrected chi connectivity index (χ0v) is 10.8. The average molecular weight is 259 g/mol. The molecule has 0 bridgehead atoms. The molecule has 1 aromatic heterocycles. The van der Waals surface area contributed by atoms with E-state index in [4.69, 9.17) is 16.2 Å². The number of nitrogens with two attached hydrogens (primary N) is 2. The molecular formula is C13H17N5O. The topological polar surface area (TPSA) is 91.5 Å². The van der Waals surface area contributed by atoms with Gasteiger partial charge in [0.05, 0.1) is 18.0 Å². The summed E-state index contributed by atoms with van der Waals surface area (Å²) in [6.45, 7) is 2.74. The van der Waals surface area contributed by atoms with E-state index in [2.05, 4.69) is 10.1 Å². The van der Waals surface area contributed by atoms with Gasteiger partial charge in [-0.15, -0.1) is 0 Å². The molecular weight excluding hydrogens is 242 g/mol. The standard InChI is InChI=1S/C13H17N5O/c1-2-19-13(15)17-11-4-5-12(10(8-11)9-14)18-7-3-6-16-18/h3-8H,2,9,14H2,1H3,(H2,15,17). The van der Waals surface area contributed by atoms with Crippen molar-refractivity contribution in [1.29, 1.82) is 0 Å². The van der Waals surface area contributed by atoms with Gasteiger partial charge in [-0.05, 0) is 36.8 Å². The number of aliphatic imine (C=N–C) groups is 1. The molecule has 0 saturated heterocycles. The molecule has 19 heavy (non-hydrogen) atoms. The van der Waals surface area contributed by atoms with Gasteiger partial charge >= 0.3 is 0 Å². The number of ether oxygens (including phenoxy) is 1. The molecule has 0 aliphatic rings. The van der Waals surface area contributed by atoms with E-state index >= 15 is 0 Å². The van der Waals surface area contributed by atoms with Gasteiger partial charge in [-0.2, -0.15) is 10.1 Å². The fourth-order valence-corrected chi connectivity index (χ4v) is 1.75. The summed E-state index contributed by atoms with van der Waals surface area (Å²) in [7, 11) is 0. The maximum absolute atomic E-state index is 5.76. The summed E-state index contributed by atoms with van der Waals surface area (Å²) in [5, 5.41) is 4.19. The van der Waals surface area contributed by atoms with Crippen molar-refractivity contribution in [3.8, 4) is 5.69 Å². The molecule has 2 aromatic rings. The number of nitrogens with zero attached hydrogens (tertiary/aromatic N) is 3. The molecule has 6 nitrogen and oxygen atoms in total. The number of amidine groups is 1. The number of rotatable bonds is 4. The highest BCUT2D eigenvalue weighted by atomic mass is 16.5. The van der Waals surface area contributed by atoms with Crippen LogP contribution in [0.3, 0.4) is 0 Å². The molecule has 4 N–H and O–H groups in total. The largest absolute Gasteiger partial charge is 0.465 e. The minimum atomic E-state index is 0.150. The van der Waals surface area contributed by atoms with E-state index in [9.17, 15) is 0 Å². The Morgan fingerprint density at radius 1 is 1.47 bits per heavy atom. The second kappa shape index (κ2) is 6.01. The van der Waals surface area contributed by atoms with Gasteiger partial charge in [-0.25, -0.2) is 4.68 Å². The number of hydrogen-bond donors (Lipinski definition) is 2. The molecule has 0 aliphatic carbocycles. The van der Waals surface area contributed by atoms with Gasteiger partial charge in [0.2, 0.25) is 0 Å². The molecule has 0 fully saturated rings. The molecule has 1 aromatic carbocycles. The predicted molar refractivity (Wildman–Crippen MR) is 74.4 cm³/mol. The summed E-state index contributed by atoms with van der Waals surface area (Å²) < 4.78 is 6.87. The van der Waals surface area contributed by atoms with Gasteiger partial charge in [0, 0.05) is 18.9 Å². The Morgan fingerprint density at radius 2 is 2.32 bits per heavy atom. The summed E-state index contributed by atoms with van der Waals surface area (Å²) >= 11 is 0. The van der Waals surface area contributed by atoms with E-state index in [1.165, 1.54) is 0 Å². The Kier molecular flexibility index (Phi) is 4.15. The van der Waals surface area contributed by atoms with Crippen molar-refractivity contribution in [2.75, 3.05) is 6.61 Å². The number of benzene rings is 1. The molecule has 0 radical (unpaired) electrons. The van der Waals surface area contributed by atoms with Crippen molar-refractivity contribution in [3.05, 3.63) is 42.2 Å². The average Bonchev–Trinajstić information content (AvgIpc) is 2.92. The van der Waals surface area contributed by atoms with Crippen molar-refractivity contribution in [3.63, 3.8) is 0 Å². The van der Waals surface area contributed by atoms with E-state index in [-0.39, 0.29) is 6.02 Å². The molecule has 0 amide bonds. The second-order valence-electron chi connectivity index (χ2n) is 3.85. The van der Waals surface area contributed by atoms with Crippen molar-refractivity contribution < 1.29 is 4.74 Å². The monoisotopic (exact) mass is 259 g/mol. The van der Waals surface area contributed by atoms with Crippen LogP contribution < -0.4 is 11.5 Å². The van der Waals surface area contributed by atoms with Gasteiger partial charge in [-0.3, -0.25) is 0 Å². The molecule has 0 aliphatic heterocycles. The third kappa shape index (κ3) is 3.11. The number of aromatic nitrogens is 2. The fourth-order valence-electron chi connectivity index (χ4n) is 1.75. The van der Waals surface area contributed by atoms with Crippen LogP contribution in [0.15, 0.2) is 41.7 Å². The van der Waals surface area contributed by atoms with Crippen LogP contribution in [-0.4, -0.2) is 22.4 Å². The molecule has 0 unspecified atom stereocenters. The fraction of sp³-hybridized carbons (Fsp3) is 0.231. The minimum absolute atomic E-state index is 0.150. The number of hydrogen-bond acceptors (Lipinski definition) is 4. The summed E-state index contributed by atoms with van der Waals surface area (Å²) in [4.78, 5) is 4.17. The lowest BCUT2D eigenvalue weighted by Gasteiger charge is -2.09. The quantitative estimate of drug-likeness (QED) is 0.639. The molecule has 0 saturated carbocycles.